The number of amides is 3. The van der Waals surface area contributed by atoms with Gasteiger partial charge < -0.3 is 10.1 Å². The number of fused-ring (bicyclic) bond motifs is 5. The molecule has 32 heavy (non-hydrogen) atoms. The van der Waals surface area contributed by atoms with Gasteiger partial charge in [-0.25, -0.2) is 0 Å². The van der Waals surface area contributed by atoms with Gasteiger partial charge in [-0.1, -0.05) is 32.0 Å². The molecule has 1 aliphatic heterocycles. The van der Waals surface area contributed by atoms with E-state index in [1.807, 2.05) is 32.0 Å². The summed E-state index contributed by atoms with van der Waals surface area (Å²) in [6.45, 7) is 2.98. The van der Waals surface area contributed by atoms with Gasteiger partial charge in [0, 0.05) is 5.69 Å². The molecule has 1 aromatic carbocycles. The van der Waals surface area contributed by atoms with Crippen LogP contribution in [0.4, 0.5) is 5.69 Å². The Kier molecular flexibility index (Phi) is 6.50. The first-order valence-corrected chi connectivity index (χ1v) is 11.8. The Bertz CT molecular complexity index is 913. The van der Waals surface area contributed by atoms with E-state index in [2.05, 4.69) is 5.32 Å². The number of carbonyl (C=O) groups is 4. The van der Waals surface area contributed by atoms with Crippen LogP contribution >= 0.6 is 23.2 Å². The number of benzene rings is 1. The van der Waals surface area contributed by atoms with Crippen LogP contribution in [-0.2, 0) is 36.8 Å². The summed E-state index contributed by atoms with van der Waals surface area (Å²) in [4.78, 5) is 51.3. The van der Waals surface area contributed by atoms with E-state index in [0.29, 0.717) is 6.42 Å². The van der Waals surface area contributed by atoms with Gasteiger partial charge in [0.2, 0.25) is 11.8 Å². The van der Waals surface area contributed by atoms with E-state index in [-0.39, 0.29) is 22.6 Å². The van der Waals surface area contributed by atoms with Gasteiger partial charge in [-0.05, 0) is 42.2 Å². The number of halogens is 2. The molecule has 3 amide bonds. The lowest BCUT2D eigenvalue weighted by molar-refractivity contribution is -0.154. The first kappa shape index (κ1) is 23.1. The summed E-state index contributed by atoms with van der Waals surface area (Å²) in [6.07, 6.45) is 2.16. The highest BCUT2D eigenvalue weighted by atomic mass is 35.5. The lowest BCUT2D eigenvalue weighted by Gasteiger charge is -2.28. The van der Waals surface area contributed by atoms with E-state index < -0.39 is 48.7 Å². The maximum absolute atomic E-state index is 12.8. The van der Waals surface area contributed by atoms with E-state index in [1.165, 1.54) is 0 Å². The van der Waals surface area contributed by atoms with Crippen LogP contribution < -0.4 is 5.32 Å². The van der Waals surface area contributed by atoms with Gasteiger partial charge in [-0.3, -0.25) is 24.1 Å². The van der Waals surface area contributed by atoms with Gasteiger partial charge in [0.05, 0.1) is 22.6 Å². The van der Waals surface area contributed by atoms with Crippen LogP contribution in [0, 0.1) is 23.7 Å². The molecule has 0 spiro atoms. The van der Waals surface area contributed by atoms with E-state index in [0.717, 1.165) is 34.6 Å². The average molecular weight is 481 g/mol. The number of hydrogen-bond donors (Lipinski definition) is 1. The van der Waals surface area contributed by atoms with Gasteiger partial charge in [0.1, 0.15) is 6.54 Å². The van der Waals surface area contributed by atoms with E-state index in [4.69, 9.17) is 27.9 Å². The molecule has 6 atom stereocenters. The van der Waals surface area contributed by atoms with Crippen molar-refractivity contribution in [1.29, 1.82) is 0 Å². The van der Waals surface area contributed by atoms with E-state index >= 15 is 0 Å². The molecule has 1 heterocycles. The third-order valence-electron chi connectivity index (χ3n) is 6.99. The number of esters is 1. The number of hydrogen-bond acceptors (Lipinski definition) is 5. The Morgan fingerprint density at radius 1 is 1.03 bits per heavy atom. The Morgan fingerprint density at radius 3 is 2.06 bits per heavy atom. The number of alkyl halides is 2. The summed E-state index contributed by atoms with van der Waals surface area (Å²) < 4.78 is 5.07. The molecular weight excluding hydrogens is 455 g/mol. The summed E-state index contributed by atoms with van der Waals surface area (Å²) in [6, 6.07) is 5.82. The largest absolute Gasteiger partial charge is 0.454 e. The zero-order valence-electron chi connectivity index (χ0n) is 18.0. The molecule has 7 nitrogen and oxygen atoms in total. The number of aryl methyl sites for hydroxylation is 2. The van der Waals surface area contributed by atoms with Crippen LogP contribution in [0.1, 0.15) is 31.4 Å². The number of rotatable bonds is 7. The average Bonchev–Trinajstić information content (AvgIpc) is 3.39. The third-order valence-corrected chi connectivity index (χ3v) is 8.31. The first-order valence-electron chi connectivity index (χ1n) is 11.0. The van der Waals surface area contributed by atoms with Crippen molar-refractivity contribution in [3.8, 4) is 0 Å². The second kappa shape index (κ2) is 9.02. The minimum atomic E-state index is -0.807. The smallest absolute Gasteiger partial charge is 0.326 e. The third kappa shape index (κ3) is 3.79. The van der Waals surface area contributed by atoms with Crippen molar-refractivity contribution >= 4 is 52.6 Å². The Morgan fingerprint density at radius 2 is 1.56 bits per heavy atom. The van der Waals surface area contributed by atoms with Crippen LogP contribution in [0.15, 0.2) is 18.2 Å². The molecule has 0 unspecified atom stereocenters. The van der Waals surface area contributed by atoms with Gasteiger partial charge in [0.25, 0.3) is 5.91 Å². The van der Waals surface area contributed by atoms with Crippen LogP contribution in [0.5, 0.6) is 0 Å². The van der Waals surface area contributed by atoms with Crippen molar-refractivity contribution in [2.24, 2.45) is 23.7 Å². The monoisotopic (exact) mass is 480 g/mol. The van der Waals surface area contributed by atoms with Gasteiger partial charge in [-0.15, -0.1) is 23.2 Å². The Balaban J connectivity index is 1.34. The van der Waals surface area contributed by atoms with Crippen molar-refractivity contribution < 1.29 is 23.9 Å². The summed E-state index contributed by atoms with van der Waals surface area (Å²) >= 11 is 12.7. The van der Waals surface area contributed by atoms with Gasteiger partial charge in [-0.2, -0.15) is 0 Å². The predicted molar refractivity (Wildman–Crippen MR) is 119 cm³/mol. The fraction of sp³-hybridized carbons (Fsp3) is 0.565. The summed E-state index contributed by atoms with van der Waals surface area (Å²) in [5, 5.41) is 2.11. The second-order valence-corrected chi connectivity index (χ2v) is 9.64. The van der Waals surface area contributed by atoms with Crippen molar-refractivity contribution in [3.05, 3.63) is 29.3 Å². The Labute approximate surface area is 196 Å². The van der Waals surface area contributed by atoms with Crippen LogP contribution in [0.3, 0.4) is 0 Å². The Hall–Kier alpha value is -2.12. The second-order valence-electron chi connectivity index (χ2n) is 8.63. The summed E-state index contributed by atoms with van der Waals surface area (Å²) in [5.74, 6) is -3.40. The number of nitrogens with one attached hydrogen (secondary N) is 1. The molecule has 1 aromatic rings. The molecule has 2 saturated carbocycles. The van der Waals surface area contributed by atoms with E-state index in [1.54, 1.807) is 0 Å². The van der Waals surface area contributed by atoms with Crippen LogP contribution in [0.2, 0.25) is 0 Å². The molecule has 1 N–H and O–H groups in total. The minimum Gasteiger partial charge on any atom is -0.454 e. The molecule has 3 fully saturated rings. The zero-order chi connectivity index (χ0) is 23.2. The fourth-order valence-electron chi connectivity index (χ4n) is 5.47. The van der Waals surface area contributed by atoms with Crippen molar-refractivity contribution in [2.75, 3.05) is 18.5 Å². The molecule has 172 valence electrons. The van der Waals surface area contributed by atoms with Crippen molar-refractivity contribution in [2.45, 2.75) is 43.9 Å². The lowest BCUT2D eigenvalue weighted by Crippen LogP contribution is -2.38. The van der Waals surface area contributed by atoms with Crippen LogP contribution in [-0.4, -0.2) is 52.5 Å². The van der Waals surface area contributed by atoms with Gasteiger partial charge in [0.15, 0.2) is 6.61 Å². The van der Waals surface area contributed by atoms with Crippen LogP contribution in [0.25, 0.3) is 0 Å². The lowest BCUT2D eigenvalue weighted by atomic mass is 9.80. The molecular formula is C23H26Cl2N2O5. The molecule has 3 aliphatic rings. The fourth-order valence-corrected chi connectivity index (χ4v) is 6.36. The topological polar surface area (TPSA) is 92.8 Å². The normalized spacial score (nSPS) is 30.6. The quantitative estimate of drug-likeness (QED) is 0.367. The number of imide groups is 1. The molecule has 2 aliphatic carbocycles. The number of anilines is 1. The van der Waals surface area contributed by atoms with Crippen molar-refractivity contribution in [3.63, 3.8) is 0 Å². The van der Waals surface area contributed by atoms with E-state index in [9.17, 15) is 19.2 Å². The SMILES string of the molecule is CCc1cccc(CC)c1NC(=O)COC(=O)CN1C(=O)[C@@H]2[C@H]3C[C@@H]([C@H](Cl)[C@H]3Cl)[C@H]2C1=O. The highest BCUT2D eigenvalue weighted by Crippen LogP contribution is 2.59. The maximum atomic E-state index is 12.8. The molecule has 9 heteroatoms. The minimum absolute atomic E-state index is 0.149. The number of nitrogens with zero attached hydrogens (tertiary/aromatic N) is 1. The predicted octanol–water partition coefficient (Wildman–Crippen LogP) is 2.76. The standard InChI is InChI=1S/C23H26Cl2N2O5/c1-3-11-6-5-7-12(4-2)21(11)26-15(28)10-32-16(29)9-27-22(30)17-13-8-14(18(17)23(27)31)20(25)19(13)24/h5-7,13-14,17-20H,3-4,8-10H2,1-2H3,(H,26,28)/t13-,14-,17-,18-,19+,20+/m1/s1. The van der Waals surface area contributed by atoms with Gasteiger partial charge >= 0.3 is 5.97 Å². The summed E-state index contributed by atoms with van der Waals surface area (Å²) in [5.41, 5.74) is 2.72. The molecule has 4 rings (SSSR count). The highest BCUT2D eigenvalue weighted by Gasteiger charge is 2.66. The molecule has 0 aromatic heterocycles. The number of likely N-dealkylation sites (tertiary alicyclic amines) is 1. The molecule has 1 saturated heterocycles. The molecule has 2 bridgehead atoms. The highest BCUT2D eigenvalue weighted by molar-refractivity contribution is 6.31. The molecule has 0 radical (unpaired) electrons. The number of ether oxygens (including phenoxy) is 1. The number of carbonyl (C=O) groups excluding carboxylic acids is 4. The van der Waals surface area contributed by atoms with Crippen molar-refractivity contribution in [1.82, 2.24) is 4.90 Å². The number of para-hydroxylation sites is 1. The first-order chi connectivity index (χ1) is 15.3. The summed E-state index contributed by atoms with van der Waals surface area (Å²) in [7, 11) is 0. The maximum Gasteiger partial charge on any atom is 0.326 e. The zero-order valence-corrected chi connectivity index (χ0v) is 19.5.